The first kappa shape index (κ1) is 16.6. The smallest absolute Gasteiger partial charge is 0.256 e. The number of hydrogen-bond acceptors (Lipinski definition) is 3. The van der Waals surface area contributed by atoms with Crippen LogP contribution in [0, 0.1) is 18.6 Å². The molecule has 1 fully saturated rings. The molecule has 0 spiro atoms. The van der Waals surface area contributed by atoms with Gasteiger partial charge < -0.3 is 9.47 Å². The van der Waals surface area contributed by atoms with Crippen LogP contribution < -0.4 is 0 Å². The second-order valence-electron chi connectivity index (χ2n) is 5.93. The summed E-state index contributed by atoms with van der Waals surface area (Å²) in [4.78, 5) is 20.4. The average molecular weight is 334 g/mol. The van der Waals surface area contributed by atoms with Crippen molar-refractivity contribution in [3.05, 3.63) is 53.6 Å². The van der Waals surface area contributed by atoms with Gasteiger partial charge in [-0.1, -0.05) is 0 Å². The molecule has 5 nitrogen and oxygen atoms in total. The Bertz CT molecular complexity index is 723. The van der Waals surface area contributed by atoms with Gasteiger partial charge in [-0.25, -0.2) is 13.8 Å². The van der Waals surface area contributed by atoms with E-state index in [-0.39, 0.29) is 11.5 Å². The summed E-state index contributed by atoms with van der Waals surface area (Å²) in [7, 11) is 0. The highest BCUT2D eigenvalue weighted by atomic mass is 19.1. The van der Waals surface area contributed by atoms with E-state index in [1.807, 2.05) is 13.1 Å². The summed E-state index contributed by atoms with van der Waals surface area (Å²) in [6.07, 6.45) is 3.73. The number of halogens is 2. The first-order chi connectivity index (χ1) is 11.5. The standard InChI is InChI=1S/C17H20F2N4O/c1-13-20-4-5-22(13)9-6-21-7-10-23(11-8-21)17(24)15-3-2-14(18)12-16(15)19/h2-5,12H,6-11H2,1H3. The van der Waals surface area contributed by atoms with Gasteiger partial charge in [0.25, 0.3) is 5.91 Å². The molecule has 1 aliphatic rings. The van der Waals surface area contributed by atoms with Crippen molar-refractivity contribution in [1.29, 1.82) is 0 Å². The molecule has 1 aromatic heterocycles. The topological polar surface area (TPSA) is 41.4 Å². The lowest BCUT2D eigenvalue weighted by Gasteiger charge is -2.34. The molecule has 0 N–H and O–H groups in total. The van der Waals surface area contributed by atoms with Crippen molar-refractivity contribution in [2.75, 3.05) is 32.7 Å². The number of aromatic nitrogens is 2. The minimum absolute atomic E-state index is 0.0705. The molecule has 0 aliphatic carbocycles. The first-order valence-electron chi connectivity index (χ1n) is 7.99. The van der Waals surface area contributed by atoms with Crippen molar-refractivity contribution in [3.63, 3.8) is 0 Å². The van der Waals surface area contributed by atoms with Crippen molar-refractivity contribution < 1.29 is 13.6 Å². The predicted molar refractivity (Wildman–Crippen MR) is 85.7 cm³/mol. The van der Waals surface area contributed by atoms with Gasteiger partial charge >= 0.3 is 0 Å². The summed E-state index contributed by atoms with van der Waals surface area (Å²) in [5.74, 6) is -0.880. The average Bonchev–Trinajstić information content (AvgIpc) is 2.98. The zero-order valence-corrected chi connectivity index (χ0v) is 13.6. The minimum atomic E-state index is -0.807. The molecule has 0 saturated carbocycles. The number of aryl methyl sites for hydroxylation is 1. The van der Waals surface area contributed by atoms with Crippen molar-refractivity contribution in [2.24, 2.45) is 0 Å². The third-order valence-electron chi connectivity index (χ3n) is 4.40. The number of rotatable bonds is 4. The lowest BCUT2D eigenvalue weighted by molar-refractivity contribution is 0.0628. The first-order valence-corrected chi connectivity index (χ1v) is 7.99. The maximum atomic E-state index is 13.7. The number of carbonyl (C=O) groups is 1. The Labute approximate surface area is 139 Å². The minimum Gasteiger partial charge on any atom is -0.336 e. The molecule has 1 aliphatic heterocycles. The largest absolute Gasteiger partial charge is 0.336 e. The maximum absolute atomic E-state index is 13.7. The molecule has 1 saturated heterocycles. The van der Waals surface area contributed by atoms with Gasteiger partial charge in [0.1, 0.15) is 17.5 Å². The molecule has 7 heteroatoms. The number of carbonyl (C=O) groups excluding carboxylic acids is 1. The van der Waals surface area contributed by atoms with Crippen LogP contribution in [0.25, 0.3) is 0 Å². The molecule has 0 unspecified atom stereocenters. The van der Waals surface area contributed by atoms with Gasteiger partial charge in [-0.3, -0.25) is 9.69 Å². The number of benzene rings is 1. The summed E-state index contributed by atoms with van der Waals surface area (Å²) in [5.41, 5.74) is -0.0705. The van der Waals surface area contributed by atoms with Crippen molar-refractivity contribution in [2.45, 2.75) is 13.5 Å². The summed E-state index contributed by atoms with van der Waals surface area (Å²) in [6.45, 7) is 6.26. The number of piperazine rings is 1. The SMILES string of the molecule is Cc1nccn1CCN1CCN(C(=O)c2ccc(F)cc2F)CC1. The molecule has 0 atom stereocenters. The third-order valence-corrected chi connectivity index (χ3v) is 4.40. The Morgan fingerprint density at radius 1 is 1.17 bits per heavy atom. The van der Waals surface area contributed by atoms with Crippen LogP contribution in [-0.2, 0) is 6.54 Å². The molecular formula is C17H20F2N4O. The molecule has 24 heavy (non-hydrogen) atoms. The zero-order valence-electron chi connectivity index (χ0n) is 13.6. The highest BCUT2D eigenvalue weighted by Gasteiger charge is 2.24. The lowest BCUT2D eigenvalue weighted by atomic mass is 10.1. The predicted octanol–water partition coefficient (Wildman–Crippen LogP) is 1.93. The van der Waals surface area contributed by atoms with Gasteiger partial charge in [-0.05, 0) is 19.1 Å². The van der Waals surface area contributed by atoms with E-state index in [9.17, 15) is 13.6 Å². The summed E-state index contributed by atoms with van der Waals surface area (Å²) in [5, 5.41) is 0. The highest BCUT2D eigenvalue weighted by molar-refractivity contribution is 5.94. The van der Waals surface area contributed by atoms with E-state index >= 15 is 0 Å². The van der Waals surface area contributed by atoms with Crippen molar-refractivity contribution >= 4 is 5.91 Å². The van der Waals surface area contributed by atoms with E-state index in [2.05, 4.69) is 14.5 Å². The second-order valence-corrected chi connectivity index (χ2v) is 5.93. The van der Waals surface area contributed by atoms with Gasteiger partial charge in [0.05, 0.1) is 5.56 Å². The molecule has 128 valence electrons. The molecule has 2 aromatic rings. The fourth-order valence-corrected chi connectivity index (χ4v) is 2.90. The second kappa shape index (κ2) is 7.09. The summed E-state index contributed by atoms with van der Waals surface area (Å²) < 4.78 is 28.8. The van der Waals surface area contributed by atoms with Crippen LogP contribution in [0.1, 0.15) is 16.2 Å². The molecule has 0 radical (unpaired) electrons. The Balaban J connectivity index is 1.53. The molecular weight excluding hydrogens is 314 g/mol. The fourth-order valence-electron chi connectivity index (χ4n) is 2.90. The fraction of sp³-hybridized carbons (Fsp3) is 0.412. The monoisotopic (exact) mass is 334 g/mol. The Hall–Kier alpha value is -2.28. The van der Waals surface area contributed by atoms with Crippen LogP contribution in [0.5, 0.6) is 0 Å². The quantitative estimate of drug-likeness (QED) is 0.858. The van der Waals surface area contributed by atoms with E-state index in [0.717, 1.165) is 44.1 Å². The van der Waals surface area contributed by atoms with Gasteiger partial charge in [0, 0.05) is 57.7 Å². The molecule has 3 rings (SSSR count). The highest BCUT2D eigenvalue weighted by Crippen LogP contribution is 2.14. The van der Waals surface area contributed by atoms with Gasteiger partial charge in [0.2, 0.25) is 0 Å². The van der Waals surface area contributed by atoms with Crippen LogP contribution in [0.4, 0.5) is 8.78 Å². The van der Waals surface area contributed by atoms with Crippen molar-refractivity contribution in [3.8, 4) is 0 Å². The number of nitrogens with zero attached hydrogens (tertiary/aromatic N) is 4. The molecule has 1 amide bonds. The van der Waals surface area contributed by atoms with Gasteiger partial charge in [0.15, 0.2) is 0 Å². The van der Waals surface area contributed by atoms with Gasteiger partial charge in [-0.15, -0.1) is 0 Å². The van der Waals surface area contributed by atoms with E-state index < -0.39 is 11.6 Å². The van der Waals surface area contributed by atoms with Crippen molar-refractivity contribution in [1.82, 2.24) is 19.4 Å². The van der Waals surface area contributed by atoms with Gasteiger partial charge in [-0.2, -0.15) is 0 Å². The zero-order chi connectivity index (χ0) is 17.1. The Morgan fingerprint density at radius 3 is 2.54 bits per heavy atom. The summed E-state index contributed by atoms with van der Waals surface area (Å²) >= 11 is 0. The van der Waals surface area contributed by atoms with E-state index in [0.29, 0.717) is 13.1 Å². The molecule has 1 aromatic carbocycles. The molecule has 2 heterocycles. The number of hydrogen-bond donors (Lipinski definition) is 0. The van der Waals surface area contributed by atoms with Crippen LogP contribution in [0.2, 0.25) is 0 Å². The summed E-state index contributed by atoms with van der Waals surface area (Å²) in [6, 6.07) is 3.07. The number of imidazole rings is 1. The van der Waals surface area contributed by atoms with E-state index in [1.54, 1.807) is 11.1 Å². The number of amides is 1. The Kier molecular flexibility index (Phi) is 4.89. The third kappa shape index (κ3) is 3.62. The molecule has 0 bridgehead atoms. The van der Waals surface area contributed by atoms with E-state index in [4.69, 9.17) is 0 Å². The van der Waals surface area contributed by atoms with E-state index in [1.165, 1.54) is 6.07 Å². The lowest BCUT2D eigenvalue weighted by Crippen LogP contribution is -2.49. The normalized spacial score (nSPS) is 15.7. The van der Waals surface area contributed by atoms with Crippen LogP contribution in [-0.4, -0.2) is 58.0 Å². The van der Waals surface area contributed by atoms with Crippen LogP contribution in [0.15, 0.2) is 30.6 Å². The van der Waals surface area contributed by atoms with Crippen LogP contribution in [0.3, 0.4) is 0 Å². The Morgan fingerprint density at radius 2 is 1.92 bits per heavy atom. The maximum Gasteiger partial charge on any atom is 0.256 e. The van der Waals surface area contributed by atoms with Crippen LogP contribution >= 0.6 is 0 Å².